The lowest BCUT2D eigenvalue weighted by molar-refractivity contribution is 0.502. The number of rotatable bonds is 0. The Bertz CT molecular complexity index is 466. The number of pyridine rings is 1. The predicted octanol–water partition coefficient (Wildman–Crippen LogP) is 3.00. The molecule has 0 atom stereocenters. The average Bonchev–Trinajstić information content (AvgIpc) is 2.47. The Labute approximate surface area is 82.2 Å². The molecule has 2 aromatic rings. The summed E-state index contributed by atoms with van der Waals surface area (Å²) in [5.74, 6) is -0.382. The van der Waals surface area contributed by atoms with Gasteiger partial charge >= 0.3 is 0 Å². The van der Waals surface area contributed by atoms with Crippen LogP contribution in [0, 0.1) is 5.95 Å². The summed E-state index contributed by atoms with van der Waals surface area (Å²) in [4.78, 5) is 6.77. The minimum atomic E-state index is -0.382. The topological polar surface area (TPSA) is 28.7 Å². The average molecular weight is 192 g/mol. The van der Waals surface area contributed by atoms with Crippen molar-refractivity contribution >= 4 is 11.0 Å². The largest absolute Gasteiger partial charge is 0.346 e. The Morgan fingerprint density at radius 2 is 2.07 bits per heavy atom. The van der Waals surface area contributed by atoms with E-state index in [0.29, 0.717) is 11.2 Å². The van der Waals surface area contributed by atoms with Crippen molar-refractivity contribution in [1.82, 2.24) is 9.97 Å². The lowest BCUT2D eigenvalue weighted by Gasteiger charge is -2.18. The van der Waals surface area contributed by atoms with Crippen LogP contribution in [0.25, 0.3) is 11.0 Å². The molecular weight excluding hydrogens is 179 g/mol. The van der Waals surface area contributed by atoms with Crippen LogP contribution in [-0.2, 0) is 5.41 Å². The molecule has 0 bridgehead atoms. The zero-order chi connectivity index (χ0) is 10.3. The highest BCUT2D eigenvalue weighted by atomic mass is 19.1. The summed E-state index contributed by atoms with van der Waals surface area (Å²) in [5.41, 5.74) is 1.06. The minimum Gasteiger partial charge on any atom is -0.346 e. The molecule has 0 amide bonds. The molecule has 0 aliphatic carbocycles. The first-order valence-electron chi connectivity index (χ1n) is 4.62. The van der Waals surface area contributed by atoms with Crippen LogP contribution < -0.4 is 0 Å². The quantitative estimate of drug-likeness (QED) is 0.638. The maximum Gasteiger partial charge on any atom is 0.218 e. The summed E-state index contributed by atoms with van der Waals surface area (Å²) in [7, 11) is 0. The highest BCUT2D eigenvalue weighted by molar-refractivity contribution is 5.76. The van der Waals surface area contributed by atoms with E-state index in [1.165, 1.54) is 0 Å². The van der Waals surface area contributed by atoms with Crippen LogP contribution in [0.3, 0.4) is 0 Å². The highest BCUT2D eigenvalue weighted by Gasteiger charge is 2.20. The molecule has 0 aliphatic rings. The molecule has 2 aromatic heterocycles. The van der Waals surface area contributed by atoms with Gasteiger partial charge in [-0.3, -0.25) is 0 Å². The van der Waals surface area contributed by atoms with Crippen molar-refractivity contribution in [1.29, 1.82) is 0 Å². The molecule has 0 aliphatic heterocycles. The number of nitrogens with zero attached hydrogens (tertiary/aromatic N) is 1. The Kier molecular flexibility index (Phi) is 1.84. The monoisotopic (exact) mass is 192 g/mol. The molecule has 3 heteroatoms. The van der Waals surface area contributed by atoms with Crippen LogP contribution >= 0.6 is 0 Å². The van der Waals surface area contributed by atoms with Crippen molar-refractivity contribution in [2.75, 3.05) is 0 Å². The van der Waals surface area contributed by atoms with E-state index in [1.54, 1.807) is 6.20 Å². The third-order valence-corrected chi connectivity index (χ3v) is 2.30. The maximum absolute atomic E-state index is 13.6. The van der Waals surface area contributed by atoms with Crippen LogP contribution in [0.1, 0.15) is 26.3 Å². The van der Waals surface area contributed by atoms with Gasteiger partial charge in [0.15, 0.2) is 0 Å². The van der Waals surface area contributed by atoms with E-state index in [0.717, 1.165) is 5.39 Å². The Morgan fingerprint density at radius 1 is 1.36 bits per heavy atom. The first kappa shape index (κ1) is 9.19. The molecule has 0 saturated heterocycles. The SMILES string of the molecule is CC(C)(C)c1cc2cc[nH]c2nc1F. The molecule has 2 heterocycles. The molecule has 1 N–H and O–H groups in total. The van der Waals surface area contributed by atoms with E-state index in [-0.39, 0.29) is 11.4 Å². The summed E-state index contributed by atoms with van der Waals surface area (Å²) < 4.78 is 13.6. The molecule has 0 aromatic carbocycles. The summed E-state index contributed by atoms with van der Waals surface area (Å²) >= 11 is 0. The van der Waals surface area contributed by atoms with Crippen molar-refractivity contribution in [2.45, 2.75) is 26.2 Å². The van der Waals surface area contributed by atoms with Gasteiger partial charge in [-0.2, -0.15) is 4.39 Å². The fourth-order valence-electron chi connectivity index (χ4n) is 1.49. The molecule has 0 spiro atoms. The lowest BCUT2D eigenvalue weighted by Crippen LogP contribution is -2.14. The van der Waals surface area contributed by atoms with Crippen LogP contribution in [-0.4, -0.2) is 9.97 Å². The first-order valence-corrected chi connectivity index (χ1v) is 4.62. The third kappa shape index (κ3) is 1.39. The van der Waals surface area contributed by atoms with Gasteiger partial charge in [-0.25, -0.2) is 4.98 Å². The zero-order valence-electron chi connectivity index (χ0n) is 8.56. The standard InChI is InChI=1S/C11H13FN2/c1-11(2,3)8-6-7-4-5-13-10(7)14-9(8)12/h4-6H,1-3H3,(H,13,14). The van der Waals surface area contributed by atoms with E-state index in [2.05, 4.69) is 9.97 Å². The minimum absolute atomic E-state index is 0.206. The molecule has 2 rings (SSSR count). The molecule has 0 radical (unpaired) electrons. The van der Waals surface area contributed by atoms with Gasteiger partial charge in [-0.15, -0.1) is 0 Å². The number of hydrogen-bond donors (Lipinski definition) is 1. The normalized spacial score (nSPS) is 12.3. The fraction of sp³-hybridized carbons (Fsp3) is 0.364. The Balaban J connectivity index is 2.71. The number of halogens is 1. The molecule has 2 nitrogen and oxygen atoms in total. The number of nitrogens with one attached hydrogen (secondary N) is 1. The second kappa shape index (κ2) is 2.80. The van der Waals surface area contributed by atoms with Crippen molar-refractivity contribution in [2.24, 2.45) is 0 Å². The molecule has 74 valence electrons. The van der Waals surface area contributed by atoms with E-state index in [4.69, 9.17) is 0 Å². The zero-order valence-corrected chi connectivity index (χ0v) is 8.56. The van der Waals surface area contributed by atoms with E-state index in [1.807, 2.05) is 32.9 Å². The third-order valence-electron chi connectivity index (χ3n) is 2.30. The van der Waals surface area contributed by atoms with E-state index in [9.17, 15) is 4.39 Å². The second-order valence-electron chi connectivity index (χ2n) is 4.49. The fourth-order valence-corrected chi connectivity index (χ4v) is 1.49. The lowest BCUT2D eigenvalue weighted by atomic mass is 9.87. The van der Waals surface area contributed by atoms with Crippen molar-refractivity contribution in [3.8, 4) is 0 Å². The van der Waals surface area contributed by atoms with Crippen molar-refractivity contribution < 1.29 is 4.39 Å². The Morgan fingerprint density at radius 3 is 2.71 bits per heavy atom. The second-order valence-corrected chi connectivity index (χ2v) is 4.49. The van der Waals surface area contributed by atoms with Gasteiger partial charge in [0.2, 0.25) is 5.95 Å². The number of hydrogen-bond acceptors (Lipinski definition) is 1. The maximum atomic E-state index is 13.6. The summed E-state index contributed by atoms with van der Waals surface area (Å²) in [6.45, 7) is 5.93. The van der Waals surface area contributed by atoms with Crippen LogP contribution in [0.4, 0.5) is 4.39 Å². The molecular formula is C11H13FN2. The molecule has 0 unspecified atom stereocenters. The van der Waals surface area contributed by atoms with Gasteiger partial charge < -0.3 is 4.98 Å². The van der Waals surface area contributed by atoms with Gasteiger partial charge in [-0.05, 0) is 17.5 Å². The van der Waals surface area contributed by atoms with Gasteiger partial charge in [0.1, 0.15) is 5.65 Å². The number of aromatic amines is 1. The molecule has 14 heavy (non-hydrogen) atoms. The van der Waals surface area contributed by atoms with Gasteiger partial charge in [-0.1, -0.05) is 20.8 Å². The molecule has 0 fully saturated rings. The number of aromatic nitrogens is 2. The van der Waals surface area contributed by atoms with Crippen LogP contribution in [0.2, 0.25) is 0 Å². The van der Waals surface area contributed by atoms with Crippen molar-refractivity contribution in [3.63, 3.8) is 0 Å². The Hall–Kier alpha value is -1.38. The molecule has 0 saturated carbocycles. The van der Waals surface area contributed by atoms with Crippen LogP contribution in [0.15, 0.2) is 18.3 Å². The van der Waals surface area contributed by atoms with Gasteiger partial charge in [0, 0.05) is 17.1 Å². The summed E-state index contributed by atoms with van der Waals surface area (Å²) in [6, 6.07) is 3.76. The number of H-pyrrole nitrogens is 1. The van der Waals surface area contributed by atoms with Crippen molar-refractivity contribution in [3.05, 3.63) is 29.8 Å². The smallest absolute Gasteiger partial charge is 0.218 e. The number of fused-ring (bicyclic) bond motifs is 1. The van der Waals surface area contributed by atoms with Gasteiger partial charge in [0.25, 0.3) is 0 Å². The van der Waals surface area contributed by atoms with Crippen LogP contribution in [0.5, 0.6) is 0 Å². The summed E-state index contributed by atoms with van der Waals surface area (Å²) in [5, 5.41) is 0.955. The predicted molar refractivity (Wildman–Crippen MR) is 54.8 cm³/mol. The van der Waals surface area contributed by atoms with Gasteiger partial charge in [0.05, 0.1) is 0 Å². The van der Waals surface area contributed by atoms with E-state index >= 15 is 0 Å². The first-order chi connectivity index (χ1) is 6.48. The summed E-state index contributed by atoms with van der Waals surface area (Å²) in [6.07, 6.45) is 1.77. The van der Waals surface area contributed by atoms with E-state index < -0.39 is 0 Å². The highest BCUT2D eigenvalue weighted by Crippen LogP contribution is 2.26.